The maximum atomic E-state index is 14.0. The van der Waals surface area contributed by atoms with E-state index in [1.807, 2.05) is 0 Å². The van der Waals surface area contributed by atoms with Gasteiger partial charge in [-0.1, -0.05) is 0 Å². The van der Waals surface area contributed by atoms with Gasteiger partial charge in [0.25, 0.3) is 9.84 Å². The minimum absolute atomic E-state index is 3.02. The van der Waals surface area contributed by atoms with Crippen LogP contribution in [0.5, 0.6) is 0 Å². The first-order chi connectivity index (χ1) is 13.8. The maximum absolute atomic E-state index is 14.0. The van der Waals surface area contributed by atoms with E-state index in [9.17, 15) is 69.5 Å². The molecule has 0 saturated heterocycles. The molecule has 31 heavy (non-hydrogen) atoms. The molecule has 1 saturated carbocycles. The summed E-state index contributed by atoms with van der Waals surface area (Å²) >= 11 is 0. The summed E-state index contributed by atoms with van der Waals surface area (Å²) in [7, 11) is -14.6. The van der Waals surface area contributed by atoms with Crippen molar-refractivity contribution in [2.75, 3.05) is 0 Å². The lowest BCUT2D eigenvalue weighted by Crippen LogP contribution is -2.42. The lowest BCUT2D eigenvalue weighted by Gasteiger charge is -2.24. The summed E-state index contributed by atoms with van der Waals surface area (Å²) in [5.41, 5.74) is -9.97. The van der Waals surface area contributed by atoms with Gasteiger partial charge in [-0.25, -0.2) is 56.3 Å². The van der Waals surface area contributed by atoms with E-state index in [1.54, 1.807) is 0 Å². The van der Waals surface area contributed by atoms with Crippen LogP contribution in [-0.2, 0) is 19.7 Å². The molecular formula is C13H6F12O4S2. The van der Waals surface area contributed by atoms with Gasteiger partial charge in [-0.15, -0.1) is 0 Å². The highest BCUT2D eigenvalue weighted by atomic mass is 32.3. The van der Waals surface area contributed by atoms with Gasteiger partial charge in [-0.05, 0) is 0 Å². The van der Waals surface area contributed by atoms with E-state index in [2.05, 4.69) is 0 Å². The van der Waals surface area contributed by atoms with Crippen molar-refractivity contribution in [1.29, 1.82) is 0 Å². The second-order valence-electron chi connectivity index (χ2n) is 6.09. The van der Waals surface area contributed by atoms with Crippen LogP contribution in [-0.4, -0.2) is 58.5 Å². The van der Waals surface area contributed by atoms with Gasteiger partial charge in [-0.3, -0.25) is 0 Å². The smallest absolute Gasteiger partial charge is 0.243 e. The number of hydrogen-bond donors (Lipinski definition) is 0. The van der Waals surface area contributed by atoms with Gasteiger partial charge in [0, 0.05) is 0 Å². The molecule has 0 radical (unpaired) electrons. The zero-order chi connectivity index (χ0) is 24.4. The van der Waals surface area contributed by atoms with E-state index in [0.717, 1.165) is 0 Å². The fourth-order valence-corrected chi connectivity index (χ4v) is 7.04. The Morgan fingerprint density at radius 3 is 1.48 bits per heavy atom. The van der Waals surface area contributed by atoms with Crippen LogP contribution >= 0.6 is 0 Å². The standard InChI is InChI=1S/C13H6F12O4S2/c14-2-1(3(15)5(17)6(18)4(2)16)12(31(28,29)13(23,24)25)30(26,27)11-9(21)7(19)8(20)10(11)22/h2,7-11H. The predicted octanol–water partition coefficient (Wildman–Crippen LogP) is 3.93. The molecule has 0 aromatic carbocycles. The van der Waals surface area contributed by atoms with Gasteiger partial charge in [0.2, 0.25) is 0 Å². The second-order valence-corrected chi connectivity index (χ2v) is 10.3. The lowest BCUT2D eigenvalue weighted by molar-refractivity contribution is -0.0425. The Morgan fingerprint density at radius 1 is 0.677 bits per heavy atom. The molecule has 4 nitrogen and oxygen atoms in total. The van der Waals surface area contributed by atoms with E-state index in [-0.39, 0.29) is 0 Å². The molecule has 0 spiro atoms. The normalized spacial score (nSPS) is 35.1. The molecule has 0 aliphatic heterocycles. The van der Waals surface area contributed by atoms with Crippen LogP contribution in [0.15, 0.2) is 33.1 Å². The van der Waals surface area contributed by atoms with Crippen LogP contribution in [0.2, 0.25) is 0 Å². The van der Waals surface area contributed by atoms with Crippen LogP contribution in [0.3, 0.4) is 0 Å². The van der Waals surface area contributed by atoms with Crippen molar-refractivity contribution in [2.45, 2.75) is 41.6 Å². The molecule has 0 bridgehead atoms. The Balaban J connectivity index is 3.03. The minimum atomic E-state index is -7.62. The topological polar surface area (TPSA) is 68.3 Å². The van der Waals surface area contributed by atoms with Crippen molar-refractivity contribution >= 4 is 19.7 Å². The molecule has 2 aliphatic rings. The molecule has 0 aromatic rings. The van der Waals surface area contributed by atoms with Gasteiger partial charge in [0.1, 0.15) is 5.25 Å². The molecule has 2 rings (SSSR count). The van der Waals surface area contributed by atoms with Crippen molar-refractivity contribution in [1.82, 2.24) is 0 Å². The van der Waals surface area contributed by atoms with E-state index < -0.39 is 94.4 Å². The van der Waals surface area contributed by atoms with E-state index in [1.165, 1.54) is 0 Å². The molecule has 5 atom stereocenters. The third kappa shape index (κ3) is 3.64. The van der Waals surface area contributed by atoms with Crippen molar-refractivity contribution < 1.29 is 69.5 Å². The monoisotopic (exact) mass is 518 g/mol. The molecule has 0 N–H and O–H groups in total. The Bertz CT molecular complexity index is 1070. The molecular weight excluding hydrogens is 512 g/mol. The van der Waals surface area contributed by atoms with Gasteiger partial charge >= 0.3 is 5.51 Å². The lowest BCUT2D eigenvalue weighted by atomic mass is 10.0. The predicted molar refractivity (Wildman–Crippen MR) is 77.7 cm³/mol. The van der Waals surface area contributed by atoms with Gasteiger partial charge in [0.05, 0.1) is 5.57 Å². The largest absolute Gasteiger partial charge is 0.502 e. The maximum Gasteiger partial charge on any atom is 0.502 e. The highest BCUT2D eigenvalue weighted by molar-refractivity contribution is 8.15. The molecule has 0 aromatic heterocycles. The summed E-state index contributed by atoms with van der Waals surface area (Å²) < 4.78 is 206. The van der Waals surface area contributed by atoms with Crippen molar-refractivity contribution in [3.63, 3.8) is 0 Å². The number of allylic oxidation sites excluding steroid dienone is 5. The van der Waals surface area contributed by atoms with E-state index >= 15 is 0 Å². The van der Waals surface area contributed by atoms with Gasteiger partial charge in [0.15, 0.2) is 68.2 Å². The molecule has 2 aliphatic carbocycles. The quantitative estimate of drug-likeness (QED) is 0.532. The summed E-state index contributed by atoms with van der Waals surface area (Å²) in [5, 5.41) is -3.96. The average molecular weight is 518 g/mol. The van der Waals surface area contributed by atoms with Crippen molar-refractivity contribution in [3.05, 3.63) is 33.1 Å². The van der Waals surface area contributed by atoms with Crippen LogP contribution in [0, 0.1) is 0 Å². The van der Waals surface area contributed by atoms with Crippen LogP contribution < -0.4 is 0 Å². The van der Waals surface area contributed by atoms with E-state index in [0.29, 0.717) is 0 Å². The number of halogens is 12. The first-order valence-corrected chi connectivity index (χ1v) is 10.5. The number of sulfone groups is 2. The SMILES string of the molecule is O=S(=O)(C(=C1C(F)=C(F)C(F)=C(F)C1F)S(=O)(=O)C(F)(F)F)C1C(F)C(F)C(F)C1F. The van der Waals surface area contributed by atoms with Crippen LogP contribution in [0.4, 0.5) is 52.7 Å². The zero-order valence-electron chi connectivity index (χ0n) is 13.9. The van der Waals surface area contributed by atoms with Crippen LogP contribution in [0.25, 0.3) is 0 Å². The highest BCUT2D eigenvalue weighted by Gasteiger charge is 2.64. The molecule has 0 amide bonds. The molecule has 178 valence electrons. The highest BCUT2D eigenvalue weighted by Crippen LogP contribution is 2.48. The Labute approximate surface area is 164 Å². The summed E-state index contributed by atoms with van der Waals surface area (Å²) in [6, 6.07) is 0. The van der Waals surface area contributed by atoms with Gasteiger partial charge < -0.3 is 0 Å². The molecule has 0 heterocycles. The number of rotatable bonds is 3. The number of hydrogen-bond acceptors (Lipinski definition) is 4. The van der Waals surface area contributed by atoms with Crippen molar-refractivity contribution in [3.8, 4) is 0 Å². The summed E-state index contributed by atoms with van der Waals surface area (Å²) in [6.45, 7) is 0. The molecule has 1 fully saturated rings. The molecule has 18 heteroatoms. The third-order valence-corrected chi connectivity index (χ3v) is 8.88. The molecule has 5 unspecified atom stereocenters. The Kier molecular flexibility index (Phi) is 6.34. The Morgan fingerprint density at radius 2 is 1.10 bits per heavy atom. The number of alkyl halides is 8. The fourth-order valence-electron chi connectivity index (χ4n) is 2.77. The first kappa shape index (κ1) is 25.5. The van der Waals surface area contributed by atoms with E-state index in [4.69, 9.17) is 0 Å². The van der Waals surface area contributed by atoms with Crippen molar-refractivity contribution in [2.24, 2.45) is 0 Å². The summed E-state index contributed by atoms with van der Waals surface area (Å²) in [6.07, 6.45) is -19.5. The third-order valence-electron chi connectivity index (χ3n) is 4.23. The second kappa shape index (κ2) is 7.70. The van der Waals surface area contributed by atoms with Gasteiger partial charge in [-0.2, -0.15) is 13.2 Å². The Hall–Kier alpha value is -1.72. The summed E-state index contributed by atoms with van der Waals surface area (Å²) in [4.78, 5) is 0. The zero-order valence-corrected chi connectivity index (χ0v) is 15.6. The average Bonchev–Trinajstić information content (AvgIpc) is 2.83. The first-order valence-electron chi connectivity index (χ1n) is 7.42. The summed E-state index contributed by atoms with van der Waals surface area (Å²) in [5.74, 6) is -12.6. The van der Waals surface area contributed by atoms with Crippen LogP contribution in [0.1, 0.15) is 0 Å². The minimum Gasteiger partial charge on any atom is -0.243 e. The fraction of sp³-hybridized carbons (Fsp3) is 0.538.